The molecule has 0 spiro atoms. The van der Waals surface area contributed by atoms with E-state index in [2.05, 4.69) is 34.9 Å². The average molecular weight is 214 g/mol. The third-order valence-corrected chi connectivity index (χ3v) is 3.98. The summed E-state index contributed by atoms with van der Waals surface area (Å²) in [5.41, 5.74) is 0. The van der Waals surface area contributed by atoms with E-state index in [0.717, 1.165) is 6.04 Å². The third kappa shape index (κ3) is 6.94. The zero-order valence-electron chi connectivity index (χ0n) is 11.7. The number of hydrogen-bond acceptors (Lipinski definition) is 0. The lowest BCUT2D eigenvalue weighted by Gasteiger charge is -2.35. The Balaban J connectivity index is 3.43. The van der Waals surface area contributed by atoms with E-state index in [0.29, 0.717) is 0 Å². The van der Waals surface area contributed by atoms with Crippen LogP contribution in [0.5, 0.6) is 0 Å². The van der Waals surface area contributed by atoms with Crippen molar-refractivity contribution >= 4 is 0 Å². The minimum Gasteiger partial charge on any atom is -0.327 e. The van der Waals surface area contributed by atoms with Crippen molar-refractivity contribution in [2.45, 2.75) is 71.8 Å². The summed E-state index contributed by atoms with van der Waals surface area (Å²) in [6.07, 6.45) is 9.92. The second-order valence-electron chi connectivity index (χ2n) is 5.50. The molecule has 92 valence electrons. The summed E-state index contributed by atoms with van der Waals surface area (Å²) in [4.78, 5) is 0. The topological polar surface area (TPSA) is 0 Å². The van der Waals surface area contributed by atoms with Crippen LogP contribution in [0.15, 0.2) is 0 Å². The number of rotatable bonds is 9. The predicted octanol–water partition coefficient (Wildman–Crippen LogP) is 4.22. The number of quaternary nitrogens is 1. The Bertz CT molecular complexity index is 140. The average Bonchev–Trinajstić information content (AvgIpc) is 2.22. The van der Waals surface area contributed by atoms with Crippen molar-refractivity contribution in [3.63, 3.8) is 0 Å². The van der Waals surface area contributed by atoms with E-state index in [1.165, 1.54) is 56.0 Å². The molecule has 0 aromatic heterocycles. The van der Waals surface area contributed by atoms with Crippen LogP contribution in [0.2, 0.25) is 0 Å². The Morgan fingerprint density at radius 1 is 0.867 bits per heavy atom. The second-order valence-corrected chi connectivity index (χ2v) is 5.50. The van der Waals surface area contributed by atoms with Crippen molar-refractivity contribution in [2.24, 2.45) is 0 Å². The molecule has 0 aromatic rings. The van der Waals surface area contributed by atoms with Gasteiger partial charge in [0.2, 0.25) is 0 Å². The molecule has 1 heteroatoms. The van der Waals surface area contributed by atoms with Gasteiger partial charge in [-0.05, 0) is 26.7 Å². The molecule has 1 atom stereocenters. The number of nitrogens with zero attached hydrogens (tertiary/aromatic N) is 1. The van der Waals surface area contributed by atoms with Crippen molar-refractivity contribution in [1.82, 2.24) is 0 Å². The molecule has 0 saturated carbocycles. The summed E-state index contributed by atoms with van der Waals surface area (Å²) in [5, 5.41) is 0. The minimum absolute atomic E-state index is 0.821. The van der Waals surface area contributed by atoms with E-state index in [9.17, 15) is 0 Å². The summed E-state index contributed by atoms with van der Waals surface area (Å²) in [6.45, 7) is 8.22. The summed E-state index contributed by atoms with van der Waals surface area (Å²) < 4.78 is 1.18. The van der Waals surface area contributed by atoms with Gasteiger partial charge in [0.05, 0.1) is 26.7 Å². The maximum atomic E-state index is 2.40. The van der Waals surface area contributed by atoms with Crippen LogP contribution >= 0.6 is 0 Å². The molecule has 15 heavy (non-hydrogen) atoms. The molecular formula is C14H32N+. The van der Waals surface area contributed by atoms with Crippen LogP contribution in [0.25, 0.3) is 0 Å². The molecule has 0 N–H and O–H groups in total. The molecule has 0 aliphatic rings. The molecule has 0 bridgehead atoms. The first kappa shape index (κ1) is 15.0. The van der Waals surface area contributed by atoms with E-state index in [-0.39, 0.29) is 0 Å². The van der Waals surface area contributed by atoms with Gasteiger partial charge < -0.3 is 4.48 Å². The van der Waals surface area contributed by atoms with Crippen molar-refractivity contribution in [3.05, 3.63) is 0 Å². The van der Waals surface area contributed by atoms with Crippen LogP contribution < -0.4 is 0 Å². The van der Waals surface area contributed by atoms with Crippen molar-refractivity contribution in [3.8, 4) is 0 Å². The van der Waals surface area contributed by atoms with Crippen LogP contribution in [0.4, 0.5) is 0 Å². The fraction of sp³-hybridized carbons (Fsp3) is 1.00. The summed E-state index contributed by atoms with van der Waals surface area (Å²) in [7, 11) is 4.70. The molecule has 0 aromatic carbocycles. The fourth-order valence-corrected chi connectivity index (χ4v) is 1.88. The van der Waals surface area contributed by atoms with Gasteiger partial charge in [-0.15, -0.1) is 0 Å². The first-order chi connectivity index (χ1) is 7.04. The Labute approximate surface area is 97.5 Å². The third-order valence-electron chi connectivity index (χ3n) is 3.98. The molecular weight excluding hydrogens is 182 g/mol. The quantitative estimate of drug-likeness (QED) is 0.398. The molecule has 0 heterocycles. The van der Waals surface area contributed by atoms with E-state index in [4.69, 9.17) is 0 Å². The van der Waals surface area contributed by atoms with E-state index in [1.54, 1.807) is 0 Å². The predicted molar refractivity (Wildman–Crippen MR) is 70.1 cm³/mol. The normalized spacial score (nSPS) is 14.2. The van der Waals surface area contributed by atoms with Gasteiger partial charge in [0, 0.05) is 0 Å². The number of hydrogen-bond donors (Lipinski definition) is 0. The molecule has 0 radical (unpaired) electrons. The van der Waals surface area contributed by atoms with Gasteiger partial charge in [-0.3, -0.25) is 0 Å². The maximum Gasteiger partial charge on any atom is 0.0857 e. The number of unbranched alkanes of at least 4 members (excludes halogenated alkanes) is 5. The van der Waals surface area contributed by atoms with Gasteiger partial charge in [-0.2, -0.15) is 0 Å². The monoisotopic (exact) mass is 214 g/mol. The zero-order chi connectivity index (χ0) is 11.7. The van der Waals surface area contributed by atoms with Gasteiger partial charge >= 0.3 is 0 Å². The Kier molecular flexibility index (Phi) is 8.13. The molecule has 1 unspecified atom stereocenters. The SMILES string of the molecule is CCCCCCCCC(C)[N+](C)(C)CC. The van der Waals surface area contributed by atoms with Crippen molar-refractivity contribution in [1.29, 1.82) is 0 Å². The van der Waals surface area contributed by atoms with E-state index in [1.807, 2.05) is 0 Å². The fourth-order valence-electron chi connectivity index (χ4n) is 1.88. The smallest absolute Gasteiger partial charge is 0.0857 e. The Morgan fingerprint density at radius 3 is 1.93 bits per heavy atom. The highest BCUT2D eigenvalue weighted by molar-refractivity contribution is 4.52. The van der Waals surface area contributed by atoms with Gasteiger partial charge in [0.25, 0.3) is 0 Å². The van der Waals surface area contributed by atoms with Crippen LogP contribution in [-0.2, 0) is 0 Å². The molecule has 0 aliphatic heterocycles. The van der Waals surface area contributed by atoms with Crippen LogP contribution in [-0.4, -0.2) is 31.2 Å². The van der Waals surface area contributed by atoms with Gasteiger partial charge in [-0.1, -0.05) is 39.0 Å². The van der Waals surface area contributed by atoms with Crippen molar-refractivity contribution in [2.75, 3.05) is 20.6 Å². The maximum absolute atomic E-state index is 2.40. The summed E-state index contributed by atoms with van der Waals surface area (Å²) >= 11 is 0. The molecule has 0 fully saturated rings. The molecule has 0 amide bonds. The molecule has 0 saturated heterocycles. The van der Waals surface area contributed by atoms with Gasteiger partial charge in [0.15, 0.2) is 0 Å². The van der Waals surface area contributed by atoms with Crippen LogP contribution in [0.1, 0.15) is 65.7 Å². The summed E-state index contributed by atoms with van der Waals surface area (Å²) in [5.74, 6) is 0. The van der Waals surface area contributed by atoms with Crippen LogP contribution in [0, 0.1) is 0 Å². The largest absolute Gasteiger partial charge is 0.327 e. The molecule has 1 nitrogen and oxygen atoms in total. The standard InChI is InChI=1S/C14H32N/c1-6-8-9-10-11-12-13-14(3)15(4,5)7-2/h14H,6-13H2,1-5H3/q+1. The minimum atomic E-state index is 0.821. The van der Waals surface area contributed by atoms with E-state index < -0.39 is 0 Å². The lowest BCUT2D eigenvalue weighted by atomic mass is 10.0. The lowest BCUT2D eigenvalue weighted by Crippen LogP contribution is -2.46. The van der Waals surface area contributed by atoms with Crippen molar-refractivity contribution < 1.29 is 4.48 Å². The highest BCUT2D eigenvalue weighted by Gasteiger charge is 2.20. The zero-order valence-corrected chi connectivity index (χ0v) is 11.7. The highest BCUT2D eigenvalue weighted by atomic mass is 15.3. The molecule has 0 aliphatic carbocycles. The van der Waals surface area contributed by atoms with Gasteiger partial charge in [-0.25, -0.2) is 0 Å². The second kappa shape index (κ2) is 8.15. The highest BCUT2D eigenvalue weighted by Crippen LogP contribution is 2.15. The van der Waals surface area contributed by atoms with Crippen LogP contribution in [0.3, 0.4) is 0 Å². The van der Waals surface area contributed by atoms with Gasteiger partial charge in [0.1, 0.15) is 0 Å². The molecule has 0 rings (SSSR count). The lowest BCUT2D eigenvalue weighted by molar-refractivity contribution is -0.911. The Hall–Kier alpha value is -0.0400. The Morgan fingerprint density at radius 2 is 1.40 bits per heavy atom. The van der Waals surface area contributed by atoms with E-state index >= 15 is 0 Å². The summed E-state index contributed by atoms with van der Waals surface area (Å²) in [6, 6.07) is 0.821. The first-order valence-electron chi connectivity index (χ1n) is 6.87. The first-order valence-corrected chi connectivity index (χ1v) is 6.87.